The monoisotopic (exact) mass is 242 g/mol. The van der Waals surface area contributed by atoms with Gasteiger partial charge in [-0.3, -0.25) is 0 Å². The summed E-state index contributed by atoms with van der Waals surface area (Å²) in [7, 11) is -2.36. The maximum absolute atomic E-state index is 12.8. The normalized spacial score (nSPS) is 11.7. The van der Waals surface area contributed by atoms with Gasteiger partial charge in [0.15, 0.2) is 0 Å². The number of alkyl halides is 3. The average molecular weight is 242 g/mol. The van der Waals surface area contributed by atoms with Crippen LogP contribution in [0.1, 0.15) is 5.56 Å². The molecule has 0 bridgehead atoms. The van der Waals surface area contributed by atoms with Crippen LogP contribution in [0.25, 0.3) is 0 Å². The zero-order chi connectivity index (χ0) is 11.8. The summed E-state index contributed by atoms with van der Waals surface area (Å²) in [6.45, 7) is 0. The van der Waals surface area contributed by atoms with Gasteiger partial charge in [0, 0.05) is 0 Å². The van der Waals surface area contributed by atoms with Crippen molar-refractivity contribution in [3.05, 3.63) is 28.5 Å². The Morgan fingerprint density at radius 2 is 1.73 bits per heavy atom. The molecule has 2 nitrogen and oxygen atoms in total. The van der Waals surface area contributed by atoms with Crippen molar-refractivity contribution >= 4 is 24.2 Å². The number of hydrogen-bond acceptors (Lipinski definition) is 2. The molecule has 0 spiro atoms. The summed E-state index contributed by atoms with van der Waals surface area (Å²) >= 11 is 5.22. The molecule has 8 heteroatoms. The minimum absolute atomic E-state index is 0.122. The first-order valence-electron chi connectivity index (χ1n) is 3.65. The van der Waals surface area contributed by atoms with Crippen LogP contribution in [0.5, 0.6) is 0 Å². The zero-order valence-corrected chi connectivity index (χ0v) is 7.77. The molecule has 0 atom stereocenters. The first-order chi connectivity index (χ1) is 6.73. The fourth-order valence-electron chi connectivity index (χ4n) is 1.02. The van der Waals surface area contributed by atoms with Gasteiger partial charge < -0.3 is 10.0 Å². The van der Waals surface area contributed by atoms with Crippen LogP contribution in [-0.4, -0.2) is 17.2 Å². The summed E-state index contributed by atoms with van der Waals surface area (Å²) in [4.78, 5) is 0. The molecular weight excluding hydrogens is 238 g/mol. The van der Waals surface area contributed by atoms with Crippen LogP contribution in [0.3, 0.4) is 0 Å². The zero-order valence-electron chi connectivity index (χ0n) is 7.02. The highest BCUT2D eigenvalue weighted by Crippen LogP contribution is 2.30. The Labute approximate surface area is 87.2 Å². The van der Waals surface area contributed by atoms with E-state index < -0.39 is 35.2 Å². The Hall–Kier alpha value is -0.785. The molecule has 0 fully saturated rings. The highest BCUT2D eigenvalue weighted by atomic mass is 35.5. The molecule has 0 unspecified atom stereocenters. The second kappa shape index (κ2) is 4.00. The van der Waals surface area contributed by atoms with Gasteiger partial charge in [0.05, 0.1) is 10.6 Å². The number of rotatable bonds is 1. The van der Waals surface area contributed by atoms with E-state index in [1.54, 1.807) is 0 Å². The van der Waals surface area contributed by atoms with Gasteiger partial charge in [0.1, 0.15) is 5.82 Å². The van der Waals surface area contributed by atoms with Crippen LogP contribution in [-0.2, 0) is 6.18 Å². The third-order valence-electron chi connectivity index (χ3n) is 1.68. The van der Waals surface area contributed by atoms with Crippen molar-refractivity contribution in [2.45, 2.75) is 6.18 Å². The van der Waals surface area contributed by atoms with Gasteiger partial charge in [-0.1, -0.05) is 11.6 Å². The van der Waals surface area contributed by atoms with E-state index in [0.717, 1.165) is 0 Å². The fourth-order valence-corrected chi connectivity index (χ4v) is 1.19. The molecule has 0 saturated heterocycles. The van der Waals surface area contributed by atoms with Crippen LogP contribution >= 0.6 is 11.6 Å². The average Bonchev–Trinajstić information content (AvgIpc) is 2.06. The second-order valence-corrected chi connectivity index (χ2v) is 3.13. The van der Waals surface area contributed by atoms with Crippen molar-refractivity contribution in [3.63, 3.8) is 0 Å². The van der Waals surface area contributed by atoms with Gasteiger partial charge in [0.25, 0.3) is 0 Å². The van der Waals surface area contributed by atoms with Crippen LogP contribution in [0.4, 0.5) is 17.6 Å². The first-order valence-corrected chi connectivity index (χ1v) is 4.03. The molecule has 15 heavy (non-hydrogen) atoms. The Morgan fingerprint density at radius 1 is 1.20 bits per heavy atom. The van der Waals surface area contributed by atoms with E-state index in [1.807, 2.05) is 0 Å². The number of halogens is 5. The molecular formula is C7H4BClF4O2. The Bertz CT molecular complexity index is 380. The van der Waals surface area contributed by atoms with E-state index in [1.165, 1.54) is 0 Å². The molecule has 2 N–H and O–H groups in total. The van der Waals surface area contributed by atoms with Crippen molar-refractivity contribution in [2.24, 2.45) is 0 Å². The van der Waals surface area contributed by atoms with E-state index >= 15 is 0 Å². The van der Waals surface area contributed by atoms with Gasteiger partial charge in [-0.05, 0) is 17.6 Å². The van der Waals surface area contributed by atoms with E-state index in [-0.39, 0.29) is 6.07 Å². The van der Waals surface area contributed by atoms with Crippen LogP contribution in [0, 0.1) is 5.82 Å². The van der Waals surface area contributed by atoms with Crippen LogP contribution in [0.15, 0.2) is 12.1 Å². The lowest BCUT2D eigenvalue weighted by atomic mass is 9.77. The molecule has 0 aliphatic heterocycles. The molecule has 0 amide bonds. The minimum Gasteiger partial charge on any atom is -0.423 e. The molecule has 0 aliphatic carbocycles. The predicted octanol–water partition coefficient (Wildman–Crippen LogP) is 1.18. The molecule has 0 heterocycles. The molecule has 1 aromatic rings. The standard InChI is InChI=1S/C7H4BClF4O2/c9-5-2-4(8(14)15)3(1-6(5)10)7(11,12)13/h1-2,14-15H. The van der Waals surface area contributed by atoms with Gasteiger partial charge in [-0.15, -0.1) is 0 Å². The number of hydrogen-bond donors (Lipinski definition) is 2. The largest absolute Gasteiger partial charge is 0.489 e. The molecule has 1 aromatic carbocycles. The fraction of sp³-hybridized carbons (Fsp3) is 0.143. The summed E-state index contributed by atoms with van der Waals surface area (Å²) in [5.74, 6) is -1.27. The first kappa shape index (κ1) is 12.3. The van der Waals surface area contributed by atoms with Crippen molar-refractivity contribution in [2.75, 3.05) is 0 Å². The summed E-state index contributed by atoms with van der Waals surface area (Å²) in [5, 5.41) is 16.7. The lowest BCUT2D eigenvalue weighted by molar-refractivity contribution is -0.137. The molecule has 0 saturated carbocycles. The van der Waals surface area contributed by atoms with Crippen molar-refractivity contribution in [1.82, 2.24) is 0 Å². The molecule has 0 radical (unpaired) electrons. The molecule has 0 aliphatic rings. The van der Waals surface area contributed by atoms with Crippen LogP contribution in [0.2, 0.25) is 5.02 Å². The Balaban J connectivity index is 3.42. The lowest BCUT2D eigenvalue weighted by Crippen LogP contribution is -2.36. The molecule has 1 rings (SSSR count). The summed E-state index contributed by atoms with van der Waals surface area (Å²) in [6.07, 6.45) is -4.87. The summed E-state index contributed by atoms with van der Waals surface area (Å²) in [6, 6.07) is 0.654. The smallest absolute Gasteiger partial charge is 0.423 e. The maximum atomic E-state index is 12.8. The topological polar surface area (TPSA) is 40.5 Å². The molecule has 82 valence electrons. The third-order valence-corrected chi connectivity index (χ3v) is 1.97. The minimum atomic E-state index is -4.87. The Kier molecular flexibility index (Phi) is 3.27. The van der Waals surface area contributed by atoms with E-state index in [4.69, 9.17) is 21.6 Å². The predicted molar refractivity (Wildman–Crippen MR) is 46.2 cm³/mol. The molecule has 0 aromatic heterocycles. The van der Waals surface area contributed by atoms with Gasteiger partial charge in [-0.2, -0.15) is 13.2 Å². The Morgan fingerprint density at radius 3 is 2.13 bits per heavy atom. The third kappa shape index (κ3) is 2.61. The van der Waals surface area contributed by atoms with E-state index in [9.17, 15) is 17.6 Å². The summed E-state index contributed by atoms with van der Waals surface area (Å²) < 4.78 is 49.6. The lowest BCUT2D eigenvalue weighted by Gasteiger charge is -2.12. The highest BCUT2D eigenvalue weighted by Gasteiger charge is 2.37. The van der Waals surface area contributed by atoms with Crippen molar-refractivity contribution in [3.8, 4) is 0 Å². The number of benzene rings is 1. The quantitative estimate of drug-likeness (QED) is 0.573. The van der Waals surface area contributed by atoms with E-state index in [2.05, 4.69) is 0 Å². The SMILES string of the molecule is OB(O)c1cc(Cl)c(F)cc1C(F)(F)F. The van der Waals surface area contributed by atoms with Gasteiger partial charge >= 0.3 is 13.3 Å². The highest BCUT2D eigenvalue weighted by molar-refractivity contribution is 6.59. The van der Waals surface area contributed by atoms with Gasteiger partial charge in [-0.25, -0.2) is 4.39 Å². The van der Waals surface area contributed by atoms with Crippen molar-refractivity contribution in [1.29, 1.82) is 0 Å². The van der Waals surface area contributed by atoms with E-state index in [0.29, 0.717) is 6.07 Å². The van der Waals surface area contributed by atoms with Gasteiger partial charge in [0.2, 0.25) is 0 Å². The second-order valence-electron chi connectivity index (χ2n) is 2.72. The van der Waals surface area contributed by atoms with Crippen molar-refractivity contribution < 1.29 is 27.6 Å². The maximum Gasteiger partial charge on any atom is 0.489 e. The van der Waals surface area contributed by atoms with Crippen LogP contribution < -0.4 is 5.46 Å². The summed E-state index contributed by atoms with van der Waals surface area (Å²) in [5.41, 5.74) is -2.34.